The van der Waals surface area contributed by atoms with Gasteiger partial charge < -0.3 is 20.3 Å². The molecule has 0 aromatic rings. The number of nitrogens with one attached hydrogen (secondary N) is 1. The van der Waals surface area contributed by atoms with Crippen molar-refractivity contribution in [3.05, 3.63) is 36.5 Å². The molecule has 3 N–H and O–H groups in total. The van der Waals surface area contributed by atoms with Crippen molar-refractivity contribution in [1.29, 1.82) is 0 Å². The number of unbranched alkanes of at least 4 members (excludes halogenated alkanes) is 43. The lowest BCUT2D eigenvalue weighted by atomic mass is 10.0. The molecule has 0 rings (SSSR count). The minimum atomic E-state index is -0.862. The van der Waals surface area contributed by atoms with Crippen LogP contribution in [0.3, 0.4) is 0 Å². The van der Waals surface area contributed by atoms with Gasteiger partial charge in [0.15, 0.2) is 0 Å². The van der Waals surface area contributed by atoms with E-state index in [0.29, 0.717) is 19.4 Å². The van der Waals surface area contributed by atoms with Crippen LogP contribution in [0, 0.1) is 0 Å². The van der Waals surface area contributed by atoms with Crippen molar-refractivity contribution in [2.45, 2.75) is 347 Å². The third-order valence-electron chi connectivity index (χ3n) is 14.4. The fraction of sp³-hybridized carbons (Fsp3) is 0.875. The summed E-state index contributed by atoms with van der Waals surface area (Å²) >= 11 is 0. The zero-order chi connectivity index (χ0) is 50.7. The topological polar surface area (TPSA) is 95.9 Å². The van der Waals surface area contributed by atoms with E-state index in [-0.39, 0.29) is 18.5 Å². The molecule has 0 aliphatic heterocycles. The van der Waals surface area contributed by atoms with Crippen LogP contribution in [0.1, 0.15) is 335 Å². The standard InChI is InChI=1S/C64H121NO5/c1-3-5-7-9-11-13-15-17-19-21-23-24-25-27-28-30-32-36-40-44-48-52-56-62(67)61(60-66)65-63(68)57-53-49-45-41-37-34-35-39-43-47-51-55-59-70-64(69)58-54-50-46-42-38-33-31-29-26-22-20-18-16-14-12-10-8-6-4-2/h18,20,35,39,52,56,61-62,66-67H,3-17,19,21-34,36-38,40-51,53-55,57-60H2,1-2H3,(H,65,68)/b20-18-,39-35-,56-52+. The van der Waals surface area contributed by atoms with Crippen molar-refractivity contribution < 1.29 is 24.5 Å². The number of carbonyl (C=O) groups excluding carboxylic acids is 2. The predicted molar refractivity (Wildman–Crippen MR) is 306 cm³/mol. The maximum Gasteiger partial charge on any atom is 0.305 e. The van der Waals surface area contributed by atoms with Gasteiger partial charge >= 0.3 is 5.97 Å². The summed E-state index contributed by atoms with van der Waals surface area (Å²) < 4.78 is 5.47. The van der Waals surface area contributed by atoms with E-state index in [1.165, 1.54) is 225 Å². The van der Waals surface area contributed by atoms with Crippen molar-refractivity contribution in [2.75, 3.05) is 13.2 Å². The first-order valence-electron chi connectivity index (χ1n) is 31.3. The molecule has 2 atom stereocenters. The van der Waals surface area contributed by atoms with Gasteiger partial charge in [-0.25, -0.2) is 0 Å². The van der Waals surface area contributed by atoms with Crippen LogP contribution in [0.25, 0.3) is 0 Å². The highest BCUT2D eigenvalue weighted by molar-refractivity contribution is 5.76. The first-order chi connectivity index (χ1) is 34.5. The normalized spacial score (nSPS) is 12.8. The molecule has 0 fully saturated rings. The van der Waals surface area contributed by atoms with E-state index in [1.54, 1.807) is 6.08 Å². The third kappa shape index (κ3) is 55.4. The fourth-order valence-electron chi connectivity index (χ4n) is 9.57. The molecular weight excluding hydrogens is 863 g/mol. The second-order valence-electron chi connectivity index (χ2n) is 21.4. The summed E-state index contributed by atoms with van der Waals surface area (Å²) in [6, 6.07) is -0.648. The zero-order valence-electron chi connectivity index (χ0n) is 47.0. The van der Waals surface area contributed by atoms with Gasteiger partial charge in [-0.15, -0.1) is 0 Å². The number of rotatable bonds is 58. The second kappa shape index (κ2) is 59.6. The van der Waals surface area contributed by atoms with E-state index in [0.717, 1.165) is 83.5 Å². The zero-order valence-corrected chi connectivity index (χ0v) is 47.0. The van der Waals surface area contributed by atoms with Crippen molar-refractivity contribution in [2.24, 2.45) is 0 Å². The molecule has 0 aromatic carbocycles. The van der Waals surface area contributed by atoms with Crippen LogP contribution in [0.4, 0.5) is 0 Å². The Hall–Kier alpha value is -1.92. The quantitative estimate of drug-likeness (QED) is 0.0321. The smallest absolute Gasteiger partial charge is 0.305 e. The van der Waals surface area contributed by atoms with E-state index in [2.05, 4.69) is 43.5 Å². The molecule has 6 heteroatoms. The molecule has 0 radical (unpaired) electrons. The number of hydrogen-bond donors (Lipinski definition) is 3. The Balaban J connectivity index is 3.51. The Labute approximate surface area is 436 Å². The molecule has 1 amide bonds. The summed E-state index contributed by atoms with van der Waals surface area (Å²) in [7, 11) is 0. The fourth-order valence-corrected chi connectivity index (χ4v) is 9.57. The molecule has 6 nitrogen and oxygen atoms in total. The molecule has 0 saturated heterocycles. The van der Waals surface area contributed by atoms with Gasteiger partial charge in [0.2, 0.25) is 5.91 Å². The van der Waals surface area contributed by atoms with E-state index in [9.17, 15) is 19.8 Å². The molecule has 0 spiro atoms. The second-order valence-corrected chi connectivity index (χ2v) is 21.4. The Morgan fingerprint density at radius 2 is 0.671 bits per heavy atom. The van der Waals surface area contributed by atoms with Crippen molar-refractivity contribution in [3.63, 3.8) is 0 Å². The average Bonchev–Trinajstić information content (AvgIpc) is 3.36. The van der Waals surface area contributed by atoms with Crippen molar-refractivity contribution >= 4 is 11.9 Å². The SMILES string of the molecule is CCCCCCCC/C=C\CCCCCCCCCCCC(=O)OCCCCC/C=C\CCCCCCCC(=O)NC(CO)C(O)/C=C/CCCCCCCCCCCCCCCCCCCCCC. The minimum Gasteiger partial charge on any atom is -0.466 e. The highest BCUT2D eigenvalue weighted by Crippen LogP contribution is 2.17. The van der Waals surface area contributed by atoms with Crippen LogP contribution in [0.15, 0.2) is 36.5 Å². The Morgan fingerprint density at radius 1 is 0.386 bits per heavy atom. The van der Waals surface area contributed by atoms with E-state index in [4.69, 9.17) is 4.74 Å². The van der Waals surface area contributed by atoms with Crippen LogP contribution in [0.5, 0.6) is 0 Å². The van der Waals surface area contributed by atoms with Gasteiger partial charge in [-0.3, -0.25) is 9.59 Å². The lowest BCUT2D eigenvalue weighted by molar-refractivity contribution is -0.143. The maximum absolute atomic E-state index is 12.5. The third-order valence-corrected chi connectivity index (χ3v) is 14.4. The van der Waals surface area contributed by atoms with Crippen LogP contribution in [0.2, 0.25) is 0 Å². The Bertz CT molecular complexity index is 1130. The summed E-state index contributed by atoms with van der Waals surface area (Å²) in [5.41, 5.74) is 0. The number of aliphatic hydroxyl groups is 2. The average molecular weight is 985 g/mol. The number of carbonyl (C=O) groups is 2. The number of allylic oxidation sites excluding steroid dienone is 5. The monoisotopic (exact) mass is 984 g/mol. The first kappa shape index (κ1) is 68.1. The number of amides is 1. The van der Waals surface area contributed by atoms with Crippen LogP contribution in [-0.4, -0.2) is 47.4 Å². The van der Waals surface area contributed by atoms with Gasteiger partial charge in [-0.1, -0.05) is 269 Å². The maximum atomic E-state index is 12.5. The molecule has 0 aliphatic carbocycles. The summed E-state index contributed by atoms with van der Waals surface area (Å²) in [5, 5.41) is 23.2. The number of esters is 1. The van der Waals surface area contributed by atoms with E-state index >= 15 is 0 Å². The van der Waals surface area contributed by atoms with Crippen molar-refractivity contribution in [1.82, 2.24) is 5.32 Å². The predicted octanol–water partition coefficient (Wildman–Crippen LogP) is 19.6. The van der Waals surface area contributed by atoms with Crippen molar-refractivity contribution in [3.8, 4) is 0 Å². The van der Waals surface area contributed by atoms with Gasteiger partial charge in [0.05, 0.1) is 25.4 Å². The minimum absolute atomic E-state index is 0.0243. The Kier molecular flexibility index (Phi) is 58.0. The van der Waals surface area contributed by atoms with Gasteiger partial charge in [-0.05, 0) is 89.9 Å². The van der Waals surface area contributed by atoms with Gasteiger partial charge in [0.25, 0.3) is 0 Å². The van der Waals surface area contributed by atoms with E-state index in [1.807, 2.05) is 6.08 Å². The van der Waals surface area contributed by atoms with Crippen LogP contribution in [-0.2, 0) is 14.3 Å². The molecular formula is C64H121NO5. The molecule has 0 heterocycles. The Morgan fingerprint density at radius 3 is 1.01 bits per heavy atom. The molecule has 0 saturated carbocycles. The number of ether oxygens (including phenoxy) is 1. The lowest BCUT2D eigenvalue weighted by Gasteiger charge is -2.20. The van der Waals surface area contributed by atoms with E-state index < -0.39 is 12.1 Å². The summed E-state index contributed by atoms with van der Waals surface area (Å²) in [4.78, 5) is 24.6. The number of hydrogen-bond acceptors (Lipinski definition) is 5. The highest BCUT2D eigenvalue weighted by Gasteiger charge is 2.18. The number of aliphatic hydroxyl groups excluding tert-OH is 2. The van der Waals surface area contributed by atoms with Gasteiger partial charge in [-0.2, -0.15) is 0 Å². The summed E-state index contributed by atoms with van der Waals surface area (Å²) in [6.07, 6.45) is 74.7. The van der Waals surface area contributed by atoms with Crippen LogP contribution >= 0.6 is 0 Å². The molecule has 412 valence electrons. The first-order valence-corrected chi connectivity index (χ1v) is 31.3. The largest absolute Gasteiger partial charge is 0.466 e. The molecule has 70 heavy (non-hydrogen) atoms. The molecule has 2 unspecified atom stereocenters. The highest BCUT2D eigenvalue weighted by atomic mass is 16.5. The van der Waals surface area contributed by atoms with Crippen LogP contribution < -0.4 is 5.32 Å². The summed E-state index contributed by atoms with van der Waals surface area (Å²) in [6.45, 7) is 4.86. The molecule has 0 bridgehead atoms. The van der Waals surface area contributed by atoms with Gasteiger partial charge in [0.1, 0.15) is 0 Å². The summed E-state index contributed by atoms with van der Waals surface area (Å²) in [5.74, 6) is -0.115. The van der Waals surface area contributed by atoms with Gasteiger partial charge in [0, 0.05) is 12.8 Å². The molecule has 0 aromatic heterocycles. The molecule has 0 aliphatic rings. The lowest BCUT2D eigenvalue weighted by Crippen LogP contribution is -2.45.